The Labute approximate surface area is 117 Å². The summed E-state index contributed by atoms with van der Waals surface area (Å²) in [5.74, 6) is 6.29. The second kappa shape index (κ2) is 5.06. The molecule has 0 fully saturated rings. The number of hydrogen-bond acceptors (Lipinski definition) is 4. The number of hydrogen-bond donors (Lipinski definition) is 0. The van der Waals surface area contributed by atoms with Crippen LogP contribution in [0.15, 0.2) is 47.1 Å². The normalized spacial score (nSPS) is 10.1. The number of anilines is 1. The smallest absolute Gasteiger partial charge is 0.158 e. The molecule has 0 aliphatic rings. The summed E-state index contributed by atoms with van der Waals surface area (Å²) in [4.78, 5) is 1.97. The summed E-state index contributed by atoms with van der Waals surface area (Å²) in [5.41, 5.74) is 4.29. The van der Waals surface area contributed by atoms with E-state index in [1.807, 2.05) is 61.5 Å². The van der Waals surface area contributed by atoms with Gasteiger partial charge in [0.2, 0.25) is 0 Å². The summed E-state index contributed by atoms with van der Waals surface area (Å²) in [6.45, 7) is 0. The summed E-state index contributed by atoms with van der Waals surface area (Å²) in [5, 5.41) is 7.82. The number of benzene rings is 2. The Kier molecular flexibility index (Phi) is 3.10. The SMILES string of the molecule is CN(C)c1cc(C#Cc2ccccc2)cc2nonc12. The van der Waals surface area contributed by atoms with E-state index in [2.05, 4.69) is 22.2 Å². The van der Waals surface area contributed by atoms with Gasteiger partial charge in [-0.15, -0.1) is 0 Å². The largest absolute Gasteiger partial charge is 0.376 e. The summed E-state index contributed by atoms with van der Waals surface area (Å²) in [7, 11) is 3.91. The van der Waals surface area contributed by atoms with E-state index in [4.69, 9.17) is 4.63 Å². The van der Waals surface area contributed by atoms with Gasteiger partial charge in [-0.2, -0.15) is 0 Å². The molecule has 98 valence electrons. The molecule has 4 heteroatoms. The van der Waals surface area contributed by atoms with Gasteiger partial charge >= 0.3 is 0 Å². The Morgan fingerprint density at radius 1 is 0.950 bits per heavy atom. The van der Waals surface area contributed by atoms with Crippen molar-refractivity contribution in [2.75, 3.05) is 19.0 Å². The predicted molar refractivity (Wildman–Crippen MR) is 78.6 cm³/mol. The molecule has 0 aliphatic carbocycles. The van der Waals surface area contributed by atoms with Crippen LogP contribution in [0.4, 0.5) is 5.69 Å². The van der Waals surface area contributed by atoms with Gasteiger partial charge in [-0.25, -0.2) is 4.63 Å². The van der Waals surface area contributed by atoms with Crippen LogP contribution in [0.25, 0.3) is 11.0 Å². The molecule has 3 rings (SSSR count). The number of rotatable bonds is 1. The van der Waals surface area contributed by atoms with Crippen molar-refractivity contribution in [3.05, 3.63) is 53.6 Å². The van der Waals surface area contributed by atoms with E-state index in [1.165, 1.54) is 0 Å². The van der Waals surface area contributed by atoms with E-state index in [1.54, 1.807) is 0 Å². The second-order valence-electron chi connectivity index (χ2n) is 4.64. The Morgan fingerprint density at radius 2 is 1.70 bits per heavy atom. The van der Waals surface area contributed by atoms with Crippen LogP contribution in [0.5, 0.6) is 0 Å². The standard InChI is InChI=1S/C16H13N3O/c1-19(2)15-11-13(10-14-16(15)18-20-17-14)9-8-12-6-4-3-5-7-12/h3-7,10-11H,1-2H3. The molecule has 0 spiro atoms. The quantitative estimate of drug-likeness (QED) is 0.633. The zero-order valence-electron chi connectivity index (χ0n) is 11.3. The van der Waals surface area contributed by atoms with Gasteiger partial charge in [0.05, 0.1) is 5.69 Å². The van der Waals surface area contributed by atoms with Crippen molar-refractivity contribution in [3.8, 4) is 11.8 Å². The molecule has 0 aliphatic heterocycles. The van der Waals surface area contributed by atoms with Crippen LogP contribution in [-0.4, -0.2) is 24.4 Å². The van der Waals surface area contributed by atoms with Crippen molar-refractivity contribution in [2.45, 2.75) is 0 Å². The van der Waals surface area contributed by atoms with E-state index >= 15 is 0 Å². The second-order valence-corrected chi connectivity index (χ2v) is 4.64. The van der Waals surface area contributed by atoms with Crippen LogP contribution in [0.3, 0.4) is 0 Å². The molecule has 4 nitrogen and oxygen atoms in total. The van der Waals surface area contributed by atoms with E-state index in [9.17, 15) is 0 Å². The van der Waals surface area contributed by atoms with E-state index in [-0.39, 0.29) is 0 Å². The molecule has 1 aromatic heterocycles. The van der Waals surface area contributed by atoms with E-state index in [0.29, 0.717) is 5.52 Å². The summed E-state index contributed by atoms with van der Waals surface area (Å²) < 4.78 is 4.80. The monoisotopic (exact) mass is 263 g/mol. The maximum absolute atomic E-state index is 4.80. The van der Waals surface area contributed by atoms with Crippen LogP contribution in [0.1, 0.15) is 11.1 Å². The molecule has 0 bridgehead atoms. The lowest BCUT2D eigenvalue weighted by Gasteiger charge is -2.12. The fourth-order valence-electron chi connectivity index (χ4n) is 1.95. The van der Waals surface area contributed by atoms with Gasteiger partial charge < -0.3 is 4.90 Å². The first-order valence-electron chi connectivity index (χ1n) is 6.25. The highest BCUT2D eigenvalue weighted by molar-refractivity contribution is 5.89. The Morgan fingerprint density at radius 3 is 2.45 bits per heavy atom. The van der Waals surface area contributed by atoms with Gasteiger partial charge in [0.1, 0.15) is 5.52 Å². The van der Waals surface area contributed by atoms with Crippen LogP contribution < -0.4 is 4.90 Å². The van der Waals surface area contributed by atoms with Gasteiger partial charge in [0, 0.05) is 25.2 Å². The van der Waals surface area contributed by atoms with Crippen LogP contribution in [-0.2, 0) is 0 Å². The third kappa shape index (κ3) is 2.34. The molecule has 0 amide bonds. The number of fused-ring (bicyclic) bond motifs is 1. The molecule has 0 atom stereocenters. The van der Waals surface area contributed by atoms with Crippen LogP contribution >= 0.6 is 0 Å². The first-order chi connectivity index (χ1) is 9.74. The van der Waals surface area contributed by atoms with Gasteiger partial charge in [-0.3, -0.25) is 0 Å². The maximum Gasteiger partial charge on any atom is 0.158 e. The van der Waals surface area contributed by atoms with Crippen molar-refractivity contribution >= 4 is 16.7 Å². The van der Waals surface area contributed by atoms with E-state index < -0.39 is 0 Å². The van der Waals surface area contributed by atoms with Crippen molar-refractivity contribution in [1.29, 1.82) is 0 Å². The van der Waals surface area contributed by atoms with Gasteiger partial charge in [-0.1, -0.05) is 30.0 Å². The molecule has 0 N–H and O–H groups in total. The van der Waals surface area contributed by atoms with Crippen molar-refractivity contribution in [1.82, 2.24) is 10.3 Å². The molecular formula is C16H13N3O. The van der Waals surface area contributed by atoms with E-state index in [0.717, 1.165) is 22.3 Å². The fourth-order valence-corrected chi connectivity index (χ4v) is 1.95. The Balaban J connectivity index is 2.07. The first kappa shape index (κ1) is 12.2. The number of aromatic nitrogens is 2. The zero-order valence-corrected chi connectivity index (χ0v) is 11.3. The van der Waals surface area contributed by atoms with Gasteiger partial charge in [0.25, 0.3) is 0 Å². The third-order valence-electron chi connectivity index (χ3n) is 2.95. The highest BCUT2D eigenvalue weighted by Gasteiger charge is 2.10. The molecule has 0 radical (unpaired) electrons. The minimum Gasteiger partial charge on any atom is -0.376 e. The molecule has 3 aromatic rings. The lowest BCUT2D eigenvalue weighted by molar-refractivity contribution is 0.315. The average molecular weight is 263 g/mol. The summed E-state index contributed by atoms with van der Waals surface area (Å²) >= 11 is 0. The lowest BCUT2D eigenvalue weighted by atomic mass is 10.1. The summed E-state index contributed by atoms with van der Waals surface area (Å²) in [6.07, 6.45) is 0. The molecular weight excluding hydrogens is 250 g/mol. The minimum absolute atomic E-state index is 0.716. The topological polar surface area (TPSA) is 42.2 Å². The average Bonchev–Trinajstić information content (AvgIpc) is 2.93. The molecule has 1 heterocycles. The molecule has 20 heavy (non-hydrogen) atoms. The first-order valence-corrected chi connectivity index (χ1v) is 6.25. The predicted octanol–water partition coefficient (Wildman–Crippen LogP) is 2.69. The minimum atomic E-state index is 0.716. The lowest BCUT2D eigenvalue weighted by Crippen LogP contribution is -2.09. The van der Waals surface area contributed by atoms with Crippen molar-refractivity contribution in [3.63, 3.8) is 0 Å². The van der Waals surface area contributed by atoms with Crippen molar-refractivity contribution < 1.29 is 4.63 Å². The van der Waals surface area contributed by atoms with Crippen LogP contribution in [0, 0.1) is 11.8 Å². The highest BCUT2D eigenvalue weighted by atomic mass is 16.6. The molecule has 0 saturated carbocycles. The highest BCUT2D eigenvalue weighted by Crippen LogP contribution is 2.24. The number of nitrogens with zero attached hydrogens (tertiary/aromatic N) is 3. The third-order valence-corrected chi connectivity index (χ3v) is 2.95. The Bertz CT molecular complexity index is 795. The van der Waals surface area contributed by atoms with Gasteiger partial charge in [-0.05, 0) is 34.6 Å². The molecule has 2 aromatic carbocycles. The summed E-state index contributed by atoms with van der Waals surface area (Å²) in [6, 6.07) is 13.8. The molecule has 0 unspecified atom stereocenters. The van der Waals surface area contributed by atoms with Crippen molar-refractivity contribution in [2.24, 2.45) is 0 Å². The van der Waals surface area contributed by atoms with Crippen LogP contribution in [0.2, 0.25) is 0 Å². The zero-order chi connectivity index (χ0) is 13.9. The maximum atomic E-state index is 4.80. The fraction of sp³-hybridized carbons (Fsp3) is 0.125. The molecule has 0 saturated heterocycles. The Hall–Kier alpha value is -2.80. The van der Waals surface area contributed by atoms with Gasteiger partial charge in [0.15, 0.2) is 5.52 Å².